The highest BCUT2D eigenvalue weighted by Gasteiger charge is 2.26. The molecule has 0 bridgehead atoms. The molecule has 0 saturated carbocycles. The number of esters is 1. The Kier molecular flexibility index (Phi) is 8.19. The van der Waals surface area contributed by atoms with Gasteiger partial charge in [-0.05, 0) is 44.3 Å². The van der Waals surface area contributed by atoms with Crippen molar-refractivity contribution >= 4 is 38.6 Å². The number of methoxy groups -OCH3 is 1. The van der Waals surface area contributed by atoms with Crippen LogP contribution >= 0.6 is 11.3 Å². The molecule has 1 aromatic heterocycles. The third-order valence-corrected chi connectivity index (χ3v) is 6.29. The van der Waals surface area contributed by atoms with E-state index in [2.05, 4.69) is 18.7 Å². The third kappa shape index (κ3) is 5.08. The standard InChI is InChI=1S/C24H29N3O4S/c1-5-26(6-2)15-16-27(22(28)17-11-8-9-12-18(17)23(29)30-4)24-25-21-19(31-7-3)13-10-14-20(21)32-24/h8-14H,5-7,15-16H2,1-4H3. The number of nitrogens with zero attached hydrogens (tertiary/aromatic N) is 3. The van der Waals surface area contributed by atoms with E-state index in [0.29, 0.717) is 36.1 Å². The smallest absolute Gasteiger partial charge is 0.338 e. The van der Waals surface area contributed by atoms with Gasteiger partial charge in [-0.25, -0.2) is 9.78 Å². The molecule has 0 aliphatic heterocycles. The molecule has 0 saturated heterocycles. The number of ether oxygens (including phenoxy) is 2. The molecule has 32 heavy (non-hydrogen) atoms. The van der Waals surface area contributed by atoms with Gasteiger partial charge in [-0.3, -0.25) is 9.69 Å². The minimum Gasteiger partial charge on any atom is -0.492 e. The van der Waals surface area contributed by atoms with Crippen molar-refractivity contribution < 1.29 is 19.1 Å². The minimum absolute atomic E-state index is 0.240. The molecule has 1 amide bonds. The highest BCUT2D eigenvalue weighted by atomic mass is 32.1. The molecule has 0 atom stereocenters. The number of para-hydroxylation sites is 1. The zero-order valence-electron chi connectivity index (χ0n) is 19.0. The van der Waals surface area contributed by atoms with Crippen LogP contribution < -0.4 is 9.64 Å². The lowest BCUT2D eigenvalue weighted by atomic mass is 10.1. The Balaban J connectivity index is 2.05. The van der Waals surface area contributed by atoms with Gasteiger partial charge in [0.2, 0.25) is 0 Å². The Bertz CT molecular complexity index is 1080. The van der Waals surface area contributed by atoms with Crippen molar-refractivity contribution in [3.05, 3.63) is 53.6 Å². The number of carbonyl (C=O) groups excluding carboxylic acids is 2. The molecule has 3 aromatic rings. The topological polar surface area (TPSA) is 72.0 Å². The summed E-state index contributed by atoms with van der Waals surface area (Å²) in [6.45, 7) is 9.53. The highest BCUT2D eigenvalue weighted by molar-refractivity contribution is 7.22. The molecule has 0 N–H and O–H groups in total. The molecular formula is C24H29N3O4S. The van der Waals surface area contributed by atoms with E-state index in [1.165, 1.54) is 18.4 Å². The monoisotopic (exact) mass is 455 g/mol. The SMILES string of the molecule is CCOc1cccc2sc(N(CCN(CC)CC)C(=O)c3ccccc3C(=O)OC)nc12. The van der Waals surface area contributed by atoms with Crippen LogP contribution in [0.25, 0.3) is 10.2 Å². The van der Waals surface area contributed by atoms with Crippen LogP contribution in [0.3, 0.4) is 0 Å². The number of rotatable bonds is 10. The van der Waals surface area contributed by atoms with Gasteiger partial charge in [-0.2, -0.15) is 0 Å². The van der Waals surface area contributed by atoms with E-state index in [0.717, 1.165) is 23.3 Å². The van der Waals surface area contributed by atoms with Gasteiger partial charge in [0.05, 0.1) is 29.5 Å². The number of carbonyl (C=O) groups is 2. The molecule has 0 spiro atoms. The average molecular weight is 456 g/mol. The normalized spacial score (nSPS) is 11.0. The lowest BCUT2D eigenvalue weighted by molar-refractivity contribution is 0.0597. The Morgan fingerprint density at radius 1 is 0.969 bits per heavy atom. The summed E-state index contributed by atoms with van der Waals surface area (Å²) in [5.41, 5.74) is 1.27. The number of aromatic nitrogens is 1. The molecule has 0 aliphatic carbocycles. The Hall–Kier alpha value is -2.97. The van der Waals surface area contributed by atoms with Gasteiger partial charge in [0.25, 0.3) is 5.91 Å². The highest BCUT2D eigenvalue weighted by Crippen LogP contribution is 2.35. The average Bonchev–Trinajstić information content (AvgIpc) is 3.26. The molecule has 1 heterocycles. The van der Waals surface area contributed by atoms with Gasteiger partial charge >= 0.3 is 5.97 Å². The van der Waals surface area contributed by atoms with Gasteiger partial charge in [-0.1, -0.05) is 43.4 Å². The Labute approximate surface area is 192 Å². The van der Waals surface area contributed by atoms with Crippen LogP contribution in [0.5, 0.6) is 5.75 Å². The number of thiazole rings is 1. The number of hydrogen-bond donors (Lipinski definition) is 0. The second-order valence-corrected chi connectivity index (χ2v) is 8.06. The first kappa shape index (κ1) is 23.7. The minimum atomic E-state index is -0.541. The zero-order valence-corrected chi connectivity index (χ0v) is 19.8. The summed E-state index contributed by atoms with van der Waals surface area (Å²) in [5, 5.41) is 0.573. The number of fused-ring (bicyclic) bond motifs is 1. The molecule has 0 unspecified atom stereocenters. The van der Waals surface area contributed by atoms with Crippen LogP contribution in [0.15, 0.2) is 42.5 Å². The predicted molar refractivity (Wildman–Crippen MR) is 128 cm³/mol. The van der Waals surface area contributed by atoms with E-state index in [1.807, 2.05) is 25.1 Å². The summed E-state index contributed by atoms with van der Waals surface area (Å²) in [5.74, 6) is -0.130. The lowest BCUT2D eigenvalue weighted by Crippen LogP contribution is -2.39. The van der Waals surface area contributed by atoms with E-state index in [4.69, 9.17) is 14.5 Å². The van der Waals surface area contributed by atoms with Gasteiger partial charge in [0, 0.05) is 13.1 Å². The van der Waals surface area contributed by atoms with Gasteiger partial charge in [-0.15, -0.1) is 0 Å². The van der Waals surface area contributed by atoms with Gasteiger partial charge in [0.1, 0.15) is 11.3 Å². The Morgan fingerprint density at radius 2 is 1.69 bits per heavy atom. The maximum atomic E-state index is 13.7. The fraction of sp³-hybridized carbons (Fsp3) is 0.375. The second-order valence-electron chi connectivity index (χ2n) is 7.05. The number of benzene rings is 2. The van der Waals surface area contributed by atoms with E-state index >= 15 is 0 Å². The molecule has 0 aliphatic rings. The molecule has 0 radical (unpaired) electrons. The second kappa shape index (κ2) is 11.1. The molecule has 7 nitrogen and oxygen atoms in total. The van der Waals surface area contributed by atoms with Crippen molar-refractivity contribution in [3.8, 4) is 5.75 Å². The van der Waals surface area contributed by atoms with E-state index in [9.17, 15) is 9.59 Å². The molecule has 8 heteroatoms. The summed E-state index contributed by atoms with van der Waals surface area (Å²) < 4.78 is 11.6. The maximum Gasteiger partial charge on any atom is 0.338 e. The van der Waals surface area contributed by atoms with Crippen molar-refractivity contribution in [1.82, 2.24) is 9.88 Å². The maximum absolute atomic E-state index is 13.7. The fourth-order valence-electron chi connectivity index (χ4n) is 3.47. The summed E-state index contributed by atoms with van der Waals surface area (Å²) in [7, 11) is 1.31. The number of likely N-dealkylation sites (N-methyl/N-ethyl adjacent to an activating group) is 1. The summed E-state index contributed by atoms with van der Waals surface area (Å²) in [6, 6.07) is 12.5. The molecule has 170 valence electrons. The van der Waals surface area contributed by atoms with E-state index in [1.54, 1.807) is 29.2 Å². The van der Waals surface area contributed by atoms with Crippen molar-refractivity contribution in [2.75, 3.05) is 44.8 Å². The van der Waals surface area contributed by atoms with Gasteiger partial charge in [0.15, 0.2) is 5.13 Å². The molecule has 2 aromatic carbocycles. The van der Waals surface area contributed by atoms with Crippen LogP contribution in [-0.4, -0.2) is 61.7 Å². The van der Waals surface area contributed by atoms with Crippen molar-refractivity contribution in [1.29, 1.82) is 0 Å². The fourth-order valence-corrected chi connectivity index (χ4v) is 4.47. The van der Waals surface area contributed by atoms with Crippen molar-refractivity contribution in [3.63, 3.8) is 0 Å². The van der Waals surface area contributed by atoms with Crippen molar-refractivity contribution in [2.45, 2.75) is 20.8 Å². The van der Waals surface area contributed by atoms with Gasteiger partial charge < -0.3 is 14.4 Å². The summed E-state index contributed by atoms with van der Waals surface area (Å²) in [6.07, 6.45) is 0. The third-order valence-electron chi connectivity index (χ3n) is 5.24. The van der Waals surface area contributed by atoms with Crippen LogP contribution in [-0.2, 0) is 4.74 Å². The number of amides is 1. The largest absolute Gasteiger partial charge is 0.492 e. The van der Waals surface area contributed by atoms with E-state index in [-0.39, 0.29) is 11.5 Å². The quantitative estimate of drug-likeness (QED) is 0.420. The Morgan fingerprint density at radius 3 is 2.34 bits per heavy atom. The summed E-state index contributed by atoms with van der Waals surface area (Å²) in [4.78, 5) is 34.6. The lowest BCUT2D eigenvalue weighted by Gasteiger charge is -2.25. The summed E-state index contributed by atoms with van der Waals surface area (Å²) >= 11 is 1.43. The molecule has 3 rings (SSSR count). The zero-order chi connectivity index (χ0) is 23.1. The first-order valence-electron chi connectivity index (χ1n) is 10.8. The molecular weight excluding hydrogens is 426 g/mol. The first-order chi connectivity index (χ1) is 15.5. The van der Waals surface area contributed by atoms with Crippen LogP contribution in [0.1, 0.15) is 41.5 Å². The van der Waals surface area contributed by atoms with Crippen molar-refractivity contribution in [2.24, 2.45) is 0 Å². The molecule has 0 fully saturated rings. The van der Waals surface area contributed by atoms with E-state index < -0.39 is 5.97 Å². The number of hydrogen-bond acceptors (Lipinski definition) is 7. The van der Waals surface area contributed by atoms with Crippen LogP contribution in [0.2, 0.25) is 0 Å². The predicted octanol–water partition coefficient (Wildman–Crippen LogP) is 4.47. The van der Waals surface area contributed by atoms with Crippen LogP contribution in [0.4, 0.5) is 5.13 Å². The first-order valence-corrected chi connectivity index (χ1v) is 11.6. The van der Waals surface area contributed by atoms with Crippen LogP contribution in [0, 0.1) is 0 Å². The number of anilines is 1.